The number of carbonyl (C=O) groups is 1. The minimum atomic E-state index is -4.06. The number of benzene rings is 1. The van der Waals surface area contributed by atoms with Crippen LogP contribution in [0.3, 0.4) is 0 Å². The summed E-state index contributed by atoms with van der Waals surface area (Å²) in [5, 5.41) is 0.0466. The summed E-state index contributed by atoms with van der Waals surface area (Å²) in [5.74, 6) is -2.57. The molecule has 3 aromatic heterocycles. The van der Waals surface area contributed by atoms with Crippen molar-refractivity contribution in [2.75, 3.05) is 12.9 Å². The maximum Gasteiger partial charge on any atom is 0.268 e. The number of hydrogen-bond donors (Lipinski definition) is 0. The first kappa shape index (κ1) is 25.7. The number of rotatable bonds is 9. The van der Waals surface area contributed by atoms with Gasteiger partial charge in [0, 0.05) is 24.7 Å². The fourth-order valence-corrected chi connectivity index (χ4v) is 6.49. The molecule has 0 aliphatic rings. The highest BCUT2D eigenvalue weighted by Crippen LogP contribution is 2.37. The molecule has 36 heavy (non-hydrogen) atoms. The summed E-state index contributed by atoms with van der Waals surface area (Å²) in [6, 6.07) is 12.1. The van der Waals surface area contributed by atoms with E-state index >= 15 is 0 Å². The highest BCUT2D eigenvalue weighted by atomic mass is 35.5. The third kappa shape index (κ3) is 5.23. The van der Waals surface area contributed by atoms with E-state index in [-0.39, 0.29) is 38.6 Å². The minimum absolute atomic E-state index is 0.0259. The van der Waals surface area contributed by atoms with Crippen LogP contribution in [0.4, 0.5) is 0 Å². The van der Waals surface area contributed by atoms with E-state index in [9.17, 15) is 21.6 Å². The van der Waals surface area contributed by atoms with E-state index in [2.05, 4.69) is 4.98 Å². The van der Waals surface area contributed by atoms with Crippen LogP contribution in [0.5, 0.6) is 5.75 Å². The summed E-state index contributed by atoms with van der Waals surface area (Å²) in [4.78, 5) is 16.8. The van der Waals surface area contributed by atoms with Gasteiger partial charge in [-0.2, -0.15) is 0 Å². The lowest BCUT2D eigenvalue weighted by Crippen LogP contribution is -2.18. The van der Waals surface area contributed by atoms with Gasteiger partial charge in [0.15, 0.2) is 21.3 Å². The lowest BCUT2D eigenvalue weighted by Gasteiger charge is -2.10. The summed E-state index contributed by atoms with van der Waals surface area (Å²) < 4.78 is 63.6. The Labute approximate surface area is 213 Å². The maximum atomic E-state index is 13.3. The van der Waals surface area contributed by atoms with Crippen LogP contribution in [0.1, 0.15) is 21.7 Å². The number of aromatic nitrogens is 2. The first-order valence-electron chi connectivity index (χ1n) is 10.5. The molecule has 0 radical (unpaired) electrons. The zero-order valence-corrected chi connectivity index (χ0v) is 21.6. The predicted octanol–water partition coefficient (Wildman–Crippen LogP) is 4.15. The Bertz CT molecular complexity index is 1620. The highest BCUT2D eigenvalue weighted by Gasteiger charge is 2.29. The van der Waals surface area contributed by atoms with Gasteiger partial charge in [-0.1, -0.05) is 35.4 Å². The number of Topliss-reactive ketones (excluding diaryl/α,β-unsaturated/α-hetero) is 1. The molecule has 0 amide bonds. The quantitative estimate of drug-likeness (QED) is 0.286. The van der Waals surface area contributed by atoms with Crippen LogP contribution in [0.25, 0.3) is 11.5 Å². The van der Waals surface area contributed by atoms with Gasteiger partial charge in [0.1, 0.15) is 11.4 Å². The molecule has 4 aromatic rings. The van der Waals surface area contributed by atoms with Crippen LogP contribution in [-0.2, 0) is 25.6 Å². The van der Waals surface area contributed by atoms with E-state index in [4.69, 9.17) is 20.8 Å². The first-order chi connectivity index (χ1) is 17.0. The summed E-state index contributed by atoms with van der Waals surface area (Å²) in [7, 11) is -6.65. The minimum Gasteiger partial charge on any atom is -0.493 e. The van der Waals surface area contributed by atoms with Crippen molar-refractivity contribution in [2.24, 2.45) is 0 Å². The number of hydrogen-bond acceptors (Lipinski definition) is 8. The van der Waals surface area contributed by atoms with Gasteiger partial charge in [0.05, 0.1) is 22.8 Å². The lowest BCUT2D eigenvalue weighted by atomic mass is 10.2. The molecule has 0 fully saturated rings. The van der Waals surface area contributed by atoms with E-state index in [0.717, 1.165) is 9.54 Å². The number of ether oxygens (including phenoxy) is 1. The van der Waals surface area contributed by atoms with Crippen LogP contribution in [0.15, 0.2) is 76.4 Å². The molecule has 1 aromatic carbocycles. The van der Waals surface area contributed by atoms with Crippen molar-refractivity contribution in [1.82, 2.24) is 8.96 Å². The largest absolute Gasteiger partial charge is 0.493 e. The molecule has 9 nitrogen and oxygen atoms in total. The molecule has 0 aliphatic carbocycles. The average molecular weight is 549 g/mol. The van der Waals surface area contributed by atoms with Crippen molar-refractivity contribution in [3.8, 4) is 17.2 Å². The van der Waals surface area contributed by atoms with Gasteiger partial charge in [-0.05, 0) is 36.8 Å². The number of aryl methyl sites for hydroxylation is 1. The van der Waals surface area contributed by atoms with Crippen molar-refractivity contribution in [2.45, 2.75) is 17.6 Å². The number of methoxy groups -OCH3 is 1. The smallest absolute Gasteiger partial charge is 0.268 e. The van der Waals surface area contributed by atoms with Crippen LogP contribution in [-0.4, -0.2) is 44.4 Å². The predicted molar refractivity (Wildman–Crippen MR) is 134 cm³/mol. The van der Waals surface area contributed by atoms with Gasteiger partial charge in [-0.15, -0.1) is 0 Å². The molecule has 3 heterocycles. The molecule has 0 unspecified atom stereocenters. The molecule has 0 saturated carbocycles. The SMILES string of the molecule is COc1cc(-c2c(Cl)ccn2S(=O)(=O)c2ccc(C)cc2)oc1C(=O)CS(=O)(=O)Cc1cccnc1. The average Bonchev–Trinajstić information content (AvgIpc) is 3.43. The Balaban J connectivity index is 1.69. The Kier molecular flexibility index (Phi) is 7.07. The molecule has 0 saturated heterocycles. The van der Waals surface area contributed by atoms with Gasteiger partial charge in [0.25, 0.3) is 10.0 Å². The molecular formula is C24H21ClN2O7S2. The number of nitrogens with zero attached hydrogens (tertiary/aromatic N) is 2. The van der Waals surface area contributed by atoms with E-state index in [1.54, 1.807) is 24.3 Å². The van der Waals surface area contributed by atoms with E-state index in [1.165, 1.54) is 50.0 Å². The molecule has 0 atom stereocenters. The van der Waals surface area contributed by atoms with Crippen LogP contribution < -0.4 is 4.74 Å². The molecular weight excluding hydrogens is 528 g/mol. The van der Waals surface area contributed by atoms with Crippen molar-refractivity contribution in [1.29, 1.82) is 0 Å². The fourth-order valence-electron chi connectivity index (χ4n) is 3.53. The summed E-state index contributed by atoms with van der Waals surface area (Å²) in [5.41, 5.74) is 1.29. The number of halogens is 1. The van der Waals surface area contributed by atoms with Gasteiger partial charge in [0.2, 0.25) is 11.5 Å². The first-order valence-corrected chi connectivity index (χ1v) is 14.2. The summed E-state index contributed by atoms with van der Waals surface area (Å²) in [6.45, 7) is 1.83. The second kappa shape index (κ2) is 9.92. The van der Waals surface area contributed by atoms with E-state index < -0.39 is 31.4 Å². The molecule has 0 N–H and O–H groups in total. The number of sulfone groups is 1. The normalized spacial score (nSPS) is 12.0. The lowest BCUT2D eigenvalue weighted by molar-refractivity contribution is 0.0987. The second-order valence-electron chi connectivity index (χ2n) is 7.95. The van der Waals surface area contributed by atoms with Crippen LogP contribution >= 0.6 is 11.6 Å². The molecule has 0 bridgehead atoms. The van der Waals surface area contributed by atoms with Gasteiger partial charge >= 0.3 is 0 Å². The van der Waals surface area contributed by atoms with Gasteiger partial charge in [-0.3, -0.25) is 9.78 Å². The summed E-state index contributed by atoms with van der Waals surface area (Å²) in [6.07, 6.45) is 4.18. The maximum absolute atomic E-state index is 13.3. The zero-order chi connectivity index (χ0) is 26.1. The number of furan rings is 1. The highest BCUT2D eigenvalue weighted by molar-refractivity contribution is 7.91. The van der Waals surface area contributed by atoms with Gasteiger partial charge in [-0.25, -0.2) is 20.8 Å². The number of pyridine rings is 1. The molecule has 188 valence electrons. The number of ketones is 1. The molecule has 12 heteroatoms. The number of carbonyl (C=O) groups excluding carboxylic acids is 1. The zero-order valence-electron chi connectivity index (χ0n) is 19.2. The van der Waals surface area contributed by atoms with Crippen LogP contribution in [0.2, 0.25) is 5.02 Å². The summed E-state index contributed by atoms with van der Waals surface area (Å²) >= 11 is 6.31. The third-order valence-electron chi connectivity index (χ3n) is 5.25. The monoisotopic (exact) mass is 548 g/mol. The standard InChI is InChI=1S/C24H21ClN2O7S2/c1-16-5-7-18(8-6-16)36(31,32)27-11-9-19(25)23(27)21-12-22(33-2)24(34-21)20(28)15-35(29,30)14-17-4-3-10-26-13-17/h3-13H,14-15H2,1-2H3. The van der Waals surface area contributed by atoms with Crippen molar-refractivity contribution in [3.63, 3.8) is 0 Å². The van der Waals surface area contributed by atoms with Crippen LogP contribution in [0, 0.1) is 6.92 Å². The Morgan fingerprint density at radius 3 is 2.47 bits per heavy atom. The second-order valence-corrected chi connectivity index (χ2v) is 12.2. The molecule has 0 spiro atoms. The topological polar surface area (TPSA) is 126 Å². The van der Waals surface area contributed by atoms with E-state index in [1.807, 2.05) is 6.92 Å². The Hall–Kier alpha value is -3.41. The van der Waals surface area contributed by atoms with Gasteiger partial charge < -0.3 is 9.15 Å². The van der Waals surface area contributed by atoms with Crippen molar-refractivity contribution in [3.05, 3.63) is 89.0 Å². The third-order valence-corrected chi connectivity index (χ3v) is 8.72. The fraction of sp³-hybridized carbons (Fsp3) is 0.167. The van der Waals surface area contributed by atoms with E-state index in [0.29, 0.717) is 5.56 Å². The Morgan fingerprint density at radius 1 is 1.11 bits per heavy atom. The van der Waals surface area contributed by atoms with Crippen molar-refractivity contribution < 1.29 is 30.8 Å². The van der Waals surface area contributed by atoms with Crippen molar-refractivity contribution >= 4 is 37.2 Å². The Morgan fingerprint density at radius 2 is 1.83 bits per heavy atom. The molecule has 0 aliphatic heterocycles. The molecule has 4 rings (SSSR count).